The average Bonchev–Trinajstić information content (AvgIpc) is 2.64. The summed E-state index contributed by atoms with van der Waals surface area (Å²) in [6.45, 7) is 5.98. The van der Waals surface area contributed by atoms with Crippen molar-refractivity contribution in [1.29, 1.82) is 5.41 Å². The molecule has 0 atom stereocenters. The monoisotopic (exact) mass is 372 g/mol. The van der Waals surface area contributed by atoms with Crippen molar-refractivity contribution < 1.29 is 4.79 Å². The van der Waals surface area contributed by atoms with Gasteiger partial charge >= 0.3 is 0 Å². The maximum absolute atomic E-state index is 11.5. The molecule has 0 aliphatic rings. The number of benzene rings is 1. The van der Waals surface area contributed by atoms with E-state index in [-0.39, 0.29) is 12.5 Å². The van der Waals surface area contributed by atoms with Crippen LogP contribution in [0, 0.1) is 5.41 Å². The third-order valence-corrected chi connectivity index (χ3v) is 4.65. The largest absolute Gasteiger partial charge is 0.398 e. The van der Waals surface area contributed by atoms with Crippen LogP contribution in [0.25, 0.3) is 0 Å². The number of nitrogen functional groups attached to an aromatic ring is 1. The van der Waals surface area contributed by atoms with Crippen LogP contribution in [-0.4, -0.2) is 18.2 Å². The fourth-order valence-corrected chi connectivity index (χ4v) is 3.15. The van der Waals surface area contributed by atoms with Gasteiger partial charge in [0.15, 0.2) is 0 Å². The van der Waals surface area contributed by atoms with Crippen LogP contribution in [0.5, 0.6) is 0 Å². The van der Waals surface area contributed by atoms with Crippen LogP contribution in [-0.2, 0) is 4.79 Å². The zero-order chi connectivity index (χ0) is 19.5. The van der Waals surface area contributed by atoms with Crippen molar-refractivity contribution in [2.75, 3.05) is 17.6 Å². The van der Waals surface area contributed by atoms with Crippen LogP contribution in [0.3, 0.4) is 0 Å². The summed E-state index contributed by atoms with van der Waals surface area (Å²) in [6, 6.07) is 5.10. The zero-order valence-corrected chi connectivity index (χ0v) is 16.5. The molecule has 0 aliphatic carbocycles. The van der Waals surface area contributed by atoms with Gasteiger partial charge in [0.25, 0.3) is 0 Å². The molecule has 0 radical (unpaired) electrons. The highest BCUT2D eigenvalue weighted by Gasteiger charge is 2.14. The Morgan fingerprint density at radius 2 is 2.04 bits per heavy atom. The fourth-order valence-electron chi connectivity index (χ4n) is 2.16. The zero-order valence-electron chi connectivity index (χ0n) is 15.6. The van der Waals surface area contributed by atoms with E-state index in [9.17, 15) is 4.79 Å². The van der Waals surface area contributed by atoms with Crippen molar-refractivity contribution in [1.82, 2.24) is 0 Å². The van der Waals surface area contributed by atoms with E-state index in [4.69, 9.17) is 16.9 Å². The lowest BCUT2D eigenvalue weighted by atomic mass is 10.1. The van der Waals surface area contributed by atoms with Crippen LogP contribution in [0.2, 0.25) is 0 Å². The highest BCUT2D eigenvalue weighted by molar-refractivity contribution is 8.07. The Labute approximate surface area is 160 Å². The van der Waals surface area contributed by atoms with E-state index in [0.29, 0.717) is 22.6 Å². The first-order valence-corrected chi connectivity index (χ1v) is 9.47. The second kappa shape index (κ2) is 11.3. The number of rotatable bonds is 9. The van der Waals surface area contributed by atoms with Gasteiger partial charge in [0.05, 0.1) is 12.3 Å². The number of carbonyl (C=O) groups is 1. The summed E-state index contributed by atoms with van der Waals surface area (Å²) in [4.78, 5) is 13.4. The lowest BCUT2D eigenvalue weighted by Gasteiger charge is -2.14. The van der Waals surface area contributed by atoms with Crippen molar-refractivity contribution in [2.45, 2.75) is 33.6 Å². The molecular weight excluding hydrogens is 344 g/mol. The maximum atomic E-state index is 11.5. The van der Waals surface area contributed by atoms with Gasteiger partial charge in [-0.3, -0.25) is 10.2 Å². The van der Waals surface area contributed by atoms with Gasteiger partial charge in [-0.25, -0.2) is 0 Å². The van der Waals surface area contributed by atoms with Crippen molar-refractivity contribution >= 4 is 34.8 Å². The first-order valence-electron chi connectivity index (χ1n) is 8.66. The summed E-state index contributed by atoms with van der Waals surface area (Å²) in [5.41, 5.74) is 13.4. The molecule has 0 saturated carbocycles. The second-order valence-electron chi connectivity index (χ2n) is 5.51. The van der Waals surface area contributed by atoms with E-state index in [1.807, 2.05) is 13.0 Å². The number of allylic oxidation sites excluding steroid dienone is 5. The summed E-state index contributed by atoms with van der Waals surface area (Å²) in [7, 11) is 0. The van der Waals surface area contributed by atoms with E-state index in [2.05, 4.69) is 37.4 Å². The Balaban J connectivity index is 3.11. The number of nitrogens with two attached hydrogens (primary N) is 2. The highest BCUT2D eigenvalue weighted by Crippen LogP contribution is 2.32. The van der Waals surface area contributed by atoms with Crippen LogP contribution < -0.4 is 16.8 Å². The van der Waals surface area contributed by atoms with Crippen molar-refractivity contribution in [3.63, 3.8) is 0 Å². The van der Waals surface area contributed by atoms with Gasteiger partial charge in [0, 0.05) is 26.7 Å². The summed E-state index contributed by atoms with van der Waals surface area (Å²) >= 11 is 1.54. The van der Waals surface area contributed by atoms with Gasteiger partial charge in [-0.05, 0) is 38.0 Å². The van der Waals surface area contributed by atoms with E-state index in [1.54, 1.807) is 18.2 Å². The molecule has 5 nitrogen and oxygen atoms in total. The summed E-state index contributed by atoms with van der Waals surface area (Å²) < 4.78 is 0. The number of amides is 1. The molecule has 0 unspecified atom stereocenters. The Bertz CT molecular complexity index is 735. The van der Waals surface area contributed by atoms with E-state index in [0.717, 1.165) is 22.7 Å². The summed E-state index contributed by atoms with van der Waals surface area (Å²) in [5.74, 6) is -0.286. The Morgan fingerprint density at radius 3 is 2.62 bits per heavy atom. The van der Waals surface area contributed by atoms with Crippen molar-refractivity contribution in [3.05, 3.63) is 57.9 Å². The molecule has 1 aromatic rings. The lowest BCUT2D eigenvalue weighted by molar-refractivity contribution is -0.114. The normalized spacial score (nSPS) is 12.5. The molecular formula is C20H28N4OS. The molecule has 1 amide bonds. The Morgan fingerprint density at radius 1 is 1.31 bits per heavy atom. The highest BCUT2D eigenvalue weighted by atomic mass is 32.2. The number of carbonyl (C=O) groups excluding carboxylic acids is 1. The number of thioether (sulfide) groups is 1. The summed E-state index contributed by atoms with van der Waals surface area (Å²) in [5, 5.41) is 11.3. The van der Waals surface area contributed by atoms with Gasteiger partial charge < -0.3 is 16.8 Å². The van der Waals surface area contributed by atoms with Gasteiger partial charge in [-0.1, -0.05) is 49.9 Å². The van der Waals surface area contributed by atoms with Crippen molar-refractivity contribution in [3.8, 4) is 0 Å². The van der Waals surface area contributed by atoms with Crippen LogP contribution in [0.4, 0.5) is 11.4 Å². The molecule has 1 rings (SSSR count). The molecule has 0 heterocycles. The SMILES string of the molecule is C/C=C(\SC(/C=C\CC)=C/CC)C(=N)c1cc(NC(=O)CN)ccc1N. The van der Waals surface area contributed by atoms with E-state index >= 15 is 0 Å². The topological polar surface area (TPSA) is 105 Å². The Hall–Kier alpha value is -2.31. The van der Waals surface area contributed by atoms with Crippen LogP contribution in [0.15, 0.2) is 52.3 Å². The minimum Gasteiger partial charge on any atom is -0.398 e. The first-order chi connectivity index (χ1) is 12.5. The number of hydrogen-bond donors (Lipinski definition) is 4. The summed E-state index contributed by atoms with van der Waals surface area (Å²) in [6.07, 6.45) is 10.1. The number of hydrogen-bond acceptors (Lipinski definition) is 5. The average molecular weight is 373 g/mol. The molecule has 0 spiro atoms. The molecule has 0 fully saturated rings. The number of anilines is 2. The molecule has 0 bridgehead atoms. The molecule has 0 aromatic heterocycles. The third-order valence-electron chi connectivity index (χ3n) is 3.45. The molecule has 26 heavy (non-hydrogen) atoms. The molecule has 0 aliphatic heterocycles. The fraction of sp³-hybridized carbons (Fsp3) is 0.300. The Kier molecular flexibility index (Phi) is 9.47. The smallest absolute Gasteiger partial charge is 0.238 e. The molecule has 6 heteroatoms. The minimum absolute atomic E-state index is 0.0952. The van der Waals surface area contributed by atoms with Crippen LogP contribution in [0.1, 0.15) is 39.2 Å². The second-order valence-corrected chi connectivity index (χ2v) is 6.63. The van der Waals surface area contributed by atoms with Crippen molar-refractivity contribution in [2.24, 2.45) is 5.73 Å². The number of nitrogens with one attached hydrogen (secondary N) is 2. The first kappa shape index (κ1) is 21.7. The van der Waals surface area contributed by atoms with Gasteiger partial charge in [0.1, 0.15) is 0 Å². The lowest BCUT2D eigenvalue weighted by Crippen LogP contribution is -2.22. The molecule has 0 saturated heterocycles. The molecule has 6 N–H and O–H groups in total. The van der Waals surface area contributed by atoms with Gasteiger partial charge in [-0.2, -0.15) is 0 Å². The molecule has 140 valence electrons. The molecule has 1 aromatic carbocycles. The third kappa shape index (κ3) is 6.54. The minimum atomic E-state index is -0.286. The predicted octanol–water partition coefficient (Wildman–Crippen LogP) is 4.43. The quantitative estimate of drug-likeness (QED) is 0.292. The van der Waals surface area contributed by atoms with Crippen LogP contribution >= 0.6 is 11.8 Å². The van der Waals surface area contributed by atoms with E-state index < -0.39 is 0 Å². The van der Waals surface area contributed by atoms with Gasteiger partial charge in [0.2, 0.25) is 5.91 Å². The predicted molar refractivity (Wildman–Crippen MR) is 115 cm³/mol. The maximum Gasteiger partial charge on any atom is 0.238 e. The standard InChI is InChI=1S/C20H28N4OS/c1-4-7-9-15(8-5-2)26-18(6-3)20(23)16-12-14(10-11-17(16)22)24-19(25)13-21/h6-12,23H,4-5,13,21-22H2,1-3H3,(H,24,25)/b9-7-,15-8+,18-6-,23-20?. The van der Waals surface area contributed by atoms with E-state index in [1.165, 1.54) is 11.8 Å². The van der Waals surface area contributed by atoms with Gasteiger partial charge in [-0.15, -0.1) is 0 Å².